The highest BCUT2D eigenvalue weighted by molar-refractivity contribution is 9.10. The summed E-state index contributed by atoms with van der Waals surface area (Å²) >= 11 is 3.40. The third kappa shape index (κ3) is 2.51. The molecule has 5 nitrogen and oxygen atoms in total. The summed E-state index contributed by atoms with van der Waals surface area (Å²) < 4.78 is 2.47. The van der Waals surface area contributed by atoms with Gasteiger partial charge < -0.3 is 10.2 Å². The average molecular weight is 361 g/mol. The molecule has 0 fully saturated rings. The van der Waals surface area contributed by atoms with Gasteiger partial charge in [0, 0.05) is 9.86 Å². The van der Waals surface area contributed by atoms with Crippen LogP contribution in [0.1, 0.15) is 29.1 Å². The predicted octanol–water partition coefficient (Wildman–Crippen LogP) is 3.54. The summed E-state index contributed by atoms with van der Waals surface area (Å²) in [4.78, 5) is 11.5. The average Bonchev–Trinajstić information content (AvgIpc) is 2.86. The molecule has 3 aromatic rings. The molecule has 0 aliphatic heterocycles. The molecule has 0 spiro atoms. The second-order valence-electron chi connectivity index (χ2n) is 5.00. The number of aliphatic hydroxyl groups excluding tert-OH is 1. The molecule has 22 heavy (non-hydrogen) atoms. The fourth-order valence-corrected chi connectivity index (χ4v) is 2.75. The van der Waals surface area contributed by atoms with Crippen molar-refractivity contribution in [2.75, 3.05) is 0 Å². The highest BCUT2D eigenvalue weighted by atomic mass is 79.9. The largest absolute Gasteiger partial charge is 0.476 e. The van der Waals surface area contributed by atoms with Crippen molar-refractivity contribution in [1.82, 2.24) is 9.78 Å². The molecular formula is C16H13BrN2O3. The molecule has 6 heteroatoms. The lowest BCUT2D eigenvalue weighted by Gasteiger charge is -2.06. The van der Waals surface area contributed by atoms with E-state index in [1.165, 1.54) is 0 Å². The van der Waals surface area contributed by atoms with Crippen molar-refractivity contribution >= 4 is 32.8 Å². The summed E-state index contributed by atoms with van der Waals surface area (Å²) in [6.07, 6.45) is -0.666. The minimum atomic E-state index is -1.10. The van der Waals surface area contributed by atoms with Crippen LogP contribution < -0.4 is 0 Å². The Kier molecular flexibility index (Phi) is 3.72. The van der Waals surface area contributed by atoms with Crippen LogP contribution in [0.2, 0.25) is 0 Å². The number of carboxylic acid groups (broad SMARTS) is 1. The number of aromatic nitrogens is 2. The third-order valence-electron chi connectivity index (χ3n) is 3.44. The monoisotopic (exact) mass is 360 g/mol. The number of aromatic carboxylic acids is 1. The van der Waals surface area contributed by atoms with Crippen molar-refractivity contribution in [3.8, 4) is 5.69 Å². The van der Waals surface area contributed by atoms with Crippen molar-refractivity contribution in [2.24, 2.45) is 0 Å². The van der Waals surface area contributed by atoms with E-state index < -0.39 is 12.1 Å². The van der Waals surface area contributed by atoms with Gasteiger partial charge in [0.05, 0.1) is 17.3 Å². The SMILES string of the molecule is CC(O)c1ccc2c(c1)c(C(=O)O)nn2-c1cccc(Br)c1. The van der Waals surface area contributed by atoms with Gasteiger partial charge in [0.1, 0.15) is 0 Å². The van der Waals surface area contributed by atoms with Crippen molar-refractivity contribution in [2.45, 2.75) is 13.0 Å². The van der Waals surface area contributed by atoms with Crippen LogP contribution in [0, 0.1) is 0 Å². The Morgan fingerprint density at radius 3 is 2.68 bits per heavy atom. The molecule has 0 aliphatic carbocycles. The number of carbonyl (C=O) groups is 1. The van der Waals surface area contributed by atoms with E-state index in [0.717, 1.165) is 10.2 Å². The highest BCUT2D eigenvalue weighted by Crippen LogP contribution is 2.26. The summed E-state index contributed by atoms with van der Waals surface area (Å²) in [5, 5.41) is 23.8. The van der Waals surface area contributed by atoms with E-state index in [4.69, 9.17) is 0 Å². The van der Waals surface area contributed by atoms with Crippen LogP contribution >= 0.6 is 15.9 Å². The van der Waals surface area contributed by atoms with Crippen LogP contribution in [0.3, 0.4) is 0 Å². The van der Waals surface area contributed by atoms with Crippen molar-refractivity contribution < 1.29 is 15.0 Å². The number of fused-ring (bicyclic) bond motifs is 1. The van der Waals surface area contributed by atoms with E-state index in [1.54, 1.807) is 29.8 Å². The zero-order valence-corrected chi connectivity index (χ0v) is 13.3. The molecule has 1 heterocycles. The van der Waals surface area contributed by atoms with Gasteiger partial charge >= 0.3 is 5.97 Å². The summed E-state index contributed by atoms with van der Waals surface area (Å²) in [5.41, 5.74) is 2.07. The van der Waals surface area contributed by atoms with Gasteiger partial charge in [-0.2, -0.15) is 5.10 Å². The Hall–Kier alpha value is -2.18. The molecule has 112 valence electrons. The molecule has 0 aliphatic rings. The molecule has 0 saturated heterocycles. The molecule has 2 N–H and O–H groups in total. The van der Waals surface area contributed by atoms with E-state index >= 15 is 0 Å². The fraction of sp³-hybridized carbons (Fsp3) is 0.125. The second-order valence-corrected chi connectivity index (χ2v) is 5.91. The Morgan fingerprint density at radius 2 is 2.05 bits per heavy atom. The van der Waals surface area contributed by atoms with E-state index in [9.17, 15) is 15.0 Å². The van der Waals surface area contributed by atoms with Gasteiger partial charge in [-0.05, 0) is 42.8 Å². The van der Waals surface area contributed by atoms with Gasteiger partial charge in [0.15, 0.2) is 5.69 Å². The Morgan fingerprint density at radius 1 is 1.27 bits per heavy atom. The number of halogens is 1. The summed E-state index contributed by atoms with van der Waals surface area (Å²) in [5.74, 6) is -1.10. The first-order chi connectivity index (χ1) is 10.5. The van der Waals surface area contributed by atoms with Crippen LogP contribution in [0.15, 0.2) is 46.9 Å². The lowest BCUT2D eigenvalue weighted by molar-refractivity contribution is 0.0692. The normalized spacial score (nSPS) is 12.5. The van der Waals surface area contributed by atoms with Crippen LogP contribution in [0.25, 0.3) is 16.6 Å². The first kappa shape index (κ1) is 14.7. The molecule has 1 unspecified atom stereocenters. The number of hydrogen-bond donors (Lipinski definition) is 2. The van der Waals surface area contributed by atoms with Crippen molar-refractivity contribution in [3.63, 3.8) is 0 Å². The van der Waals surface area contributed by atoms with E-state index in [2.05, 4.69) is 21.0 Å². The van der Waals surface area contributed by atoms with Crippen LogP contribution in [-0.4, -0.2) is 26.0 Å². The van der Waals surface area contributed by atoms with Gasteiger partial charge in [-0.15, -0.1) is 0 Å². The number of benzene rings is 2. The number of aliphatic hydroxyl groups is 1. The summed E-state index contributed by atoms with van der Waals surface area (Å²) in [7, 11) is 0. The fourth-order valence-electron chi connectivity index (χ4n) is 2.36. The molecule has 0 radical (unpaired) electrons. The lowest BCUT2D eigenvalue weighted by atomic mass is 10.1. The zero-order valence-electron chi connectivity index (χ0n) is 11.7. The van der Waals surface area contributed by atoms with Gasteiger partial charge in [0.25, 0.3) is 0 Å². The van der Waals surface area contributed by atoms with E-state index in [0.29, 0.717) is 16.5 Å². The molecule has 1 aromatic heterocycles. The molecule has 2 aromatic carbocycles. The quantitative estimate of drug-likeness (QED) is 0.748. The molecule has 3 rings (SSSR count). The molecule has 0 amide bonds. The summed E-state index contributed by atoms with van der Waals surface area (Å²) in [6.45, 7) is 1.64. The number of rotatable bonds is 3. The lowest BCUT2D eigenvalue weighted by Crippen LogP contribution is -2.01. The van der Waals surface area contributed by atoms with Crippen LogP contribution in [0.5, 0.6) is 0 Å². The van der Waals surface area contributed by atoms with Crippen LogP contribution in [-0.2, 0) is 0 Å². The minimum Gasteiger partial charge on any atom is -0.476 e. The molecule has 1 atom stereocenters. The Balaban J connectivity index is 2.30. The van der Waals surface area contributed by atoms with Gasteiger partial charge in [-0.25, -0.2) is 9.48 Å². The van der Waals surface area contributed by atoms with Crippen molar-refractivity contribution in [3.05, 3.63) is 58.2 Å². The molecule has 0 saturated carbocycles. The second kappa shape index (κ2) is 5.55. The zero-order chi connectivity index (χ0) is 15.9. The maximum absolute atomic E-state index is 11.5. The van der Waals surface area contributed by atoms with Gasteiger partial charge in [-0.1, -0.05) is 28.1 Å². The summed E-state index contributed by atoms with van der Waals surface area (Å²) in [6, 6.07) is 12.7. The highest BCUT2D eigenvalue weighted by Gasteiger charge is 2.18. The first-order valence-electron chi connectivity index (χ1n) is 6.67. The van der Waals surface area contributed by atoms with E-state index in [-0.39, 0.29) is 5.69 Å². The van der Waals surface area contributed by atoms with Gasteiger partial charge in [0.2, 0.25) is 0 Å². The maximum Gasteiger partial charge on any atom is 0.357 e. The Bertz CT molecular complexity index is 871. The predicted molar refractivity (Wildman–Crippen MR) is 86.4 cm³/mol. The van der Waals surface area contributed by atoms with Crippen molar-refractivity contribution in [1.29, 1.82) is 0 Å². The number of hydrogen-bond acceptors (Lipinski definition) is 3. The first-order valence-corrected chi connectivity index (χ1v) is 7.46. The Labute approximate surface area is 134 Å². The smallest absolute Gasteiger partial charge is 0.357 e. The maximum atomic E-state index is 11.5. The van der Waals surface area contributed by atoms with Gasteiger partial charge in [-0.3, -0.25) is 0 Å². The van der Waals surface area contributed by atoms with Crippen LogP contribution in [0.4, 0.5) is 0 Å². The molecular weight excluding hydrogens is 348 g/mol. The van der Waals surface area contributed by atoms with E-state index in [1.807, 2.05) is 24.3 Å². The standard InChI is InChI=1S/C16H13BrN2O3/c1-9(20)10-5-6-14-13(7-10)15(16(21)22)18-19(14)12-4-2-3-11(17)8-12/h2-9,20H,1H3,(H,21,22). The number of carboxylic acids is 1. The number of nitrogens with zero attached hydrogens (tertiary/aromatic N) is 2. The molecule has 0 bridgehead atoms. The minimum absolute atomic E-state index is 0.0301. The third-order valence-corrected chi connectivity index (χ3v) is 3.93. The topological polar surface area (TPSA) is 75.3 Å².